The van der Waals surface area contributed by atoms with Gasteiger partial charge in [-0.3, -0.25) is 0 Å². The Labute approximate surface area is 77.8 Å². The number of hydrogen-bond donors (Lipinski definition) is 3. The second-order valence-electron chi connectivity index (χ2n) is 2.66. The van der Waals surface area contributed by atoms with E-state index < -0.39 is 23.5 Å². The Morgan fingerprint density at radius 2 is 1.79 bits per heavy atom. The predicted octanol–water partition coefficient (Wildman–Crippen LogP) is 1.97. The molecule has 0 aliphatic carbocycles. The van der Waals surface area contributed by atoms with E-state index in [0.29, 0.717) is 0 Å². The van der Waals surface area contributed by atoms with Crippen molar-refractivity contribution >= 4 is 0 Å². The van der Waals surface area contributed by atoms with Crippen molar-refractivity contribution in [3.05, 3.63) is 29.8 Å². The molecule has 14 heavy (non-hydrogen) atoms. The fourth-order valence-electron chi connectivity index (χ4n) is 1.05. The average Bonchev–Trinajstić information content (AvgIpc) is 2.07. The second-order valence-corrected chi connectivity index (χ2v) is 2.66. The number of alkyl halides is 3. The van der Waals surface area contributed by atoms with Crippen LogP contribution in [0.1, 0.15) is 11.6 Å². The molecule has 0 amide bonds. The molecule has 1 atom stereocenters. The lowest BCUT2D eigenvalue weighted by Gasteiger charge is -2.19. The maximum absolute atomic E-state index is 12.3. The Morgan fingerprint density at radius 3 is 2.21 bits per heavy atom. The van der Waals surface area contributed by atoms with Crippen LogP contribution < -0.4 is 5.48 Å². The van der Waals surface area contributed by atoms with Gasteiger partial charge in [0.2, 0.25) is 0 Å². The van der Waals surface area contributed by atoms with Crippen molar-refractivity contribution in [1.82, 2.24) is 5.48 Å². The number of halogens is 3. The Kier molecular flexibility index (Phi) is 2.97. The van der Waals surface area contributed by atoms with Gasteiger partial charge in [0, 0.05) is 5.56 Å². The monoisotopic (exact) mass is 207 g/mol. The highest BCUT2D eigenvalue weighted by molar-refractivity contribution is 5.35. The largest absolute Gasteiger partial charge is 0.508 e. The summed E-state index contributed by atoms with van der Waals surface area (Å²) in [7, 11) is 0. The van der Waals surface area contributed by atoms with Crippen molar-refractivity contribution in [1.29, 1.82) is 0 Å². The average molecular weight is 207 g/mol. The minimum Gasteiger partial charge on any atom is -0.508 e. The number of hydroxylamine groups is 1. The van der Waals surface area contributed by atoms with E-state index in [1.54, 1.807) is 0 Å². The van der Waals surface area contributed by atoms with Gasteiger partial charge in [0.1, 0.15) is 5.75 Å². The maximum atomic E-state index is 12.3. The molecule has 3 nitrogen and oxygen atoms in total. The summed E-state index contributed by atoms with van der Waals surface area (Å²) in [6, 6.07) is 2.65. The normalized spacial score (nSPS) is 14.0. The molecule has 1 rings (SSSR count). The molecule has 0 heterocycles. The Bertz CT molecular complexity index is 314. The topological polar surface area (TPSA) is 52.5 Å². The molecular formula is C8H8F3NO2. The van der Waals surface area contributed by atoms with Gasteiger partial charge in [-0.1, -0.05) is 18.2 Å². The SMILES string of the molecule is ON[C@@H](c1ccccc1O)C(F)(F)F. The number of phenols is 1. The zero-order valence-corrected chi connectivity index (χ0v) is 6.92. The van der Waals surface area contributed by atoms with Gasteiger partial charge < -0.3 is 10.3 Å². The van der Waals surface area contributed by atoms with Gasteiger partial charge in [-0.25, -0.2) is 0 Å². The number of aromatic hydroxyl groups is 1. The minimum atomic E-state index is -4.66. The highest BCUT2D eigenvalue weighted by Gasteiger charge is 2.41. The second kappa shape index (κ2) is 3.85. The summed E-state index contributed by atoms with van der Waals surface area (Å²) >= 11 is 0. The van der Waals surface area contributed by atoms with Gasteiger partial charge >= 0.3 is 6.18 Å². The highest BCUT2D eigenvalue weighted by atomic mass is 19.4. The summed E-state index contributed by atoms with van der Waals surface area (Å²) in [6.45, 7) is 0. The first-order chi connectivity index (χ1) is 6.46. The van der Waals surface area contributed by atoms with Crippen molar-refractivity contribution in [2.45, 2.75) is 12.2 Å². The van der Waals surface area contributed by atoms with Crippen LogP contribution in [-0.2, 0) is 0 Å². The zero-order chi connectivity index (χ0) is 10.8. The first-order valence-electron chi connectivity index (χ1n) is 3.71. The Hall–Kier alpha value is -1.27. The number of para-hydroxylation sites is 1. The van der Waals surface area contributed by atoms with Gasteiger partial charge in [-0.2, -0.15) is 18.7 Å². The van der Waals surface area contributed by atoms with Crippen LogP contribution in [0.15, 0.2) is 24.3 Å². The third-order valence-corrected chi connectivity index (χ3v) is 1.70. The summed E-state index contributed by atoms with van der Waals surface area (Å²) < 4.78 is 36.8. The number of nitrogens with one attached hydrogen (secondary N) is 1. The van der Waals surface area contributed by atoms with E-state index in [9.17, 15) is 13.2 Å². The summed E-state index contributed by atoms with van der Waals surface area (Å²) in [5.74, 6) is -0.517. The number of hydrogen-bond acceptors (Lipinski definition) is 3. The van der Waals surface area contributed by atoms with Crippen LogP contribution >= 0.6 is 0 Å². The molecular weight excluding hydrogens is 199 g/mol. The number of benzene rings is 1. The molecule has 0 spiro atoms. The van der Waals surface area contributed by atoms with Crippen molar-refractivity contribution in [3.8, 4) is 5.75 Å². The van der Waals surface area contributed by atoms with Crippen molar-refractivity contribution in [3.63, 3.8) is 0 Å². The maximum Gasteiger partial charge on any atom is 0.410 e. The fraction of sp³-hybridized carbons (Fsp3) is 0.250. The molecule has 0 aromatic heterocycles. The highest BCUT2D eigenvalue weighted by Crippen LogP contribution is 2.35. The first-order valence-corrected chi connectivity index (χ1v) is 3.71. The van der Waals surface area contributed by atoms with E-state index in [1.165, 1.54) is 12.1 Å². The lowest BCUT2D eigenvalue weighted by Crippen LogP contribution is -2.32. The third kappa shape index (κ3) is 2.15. The minimum absolute atomic E-state index is 0.414. The molecule has 78 valence electrons. The molecule has 0 aliphatic heterocycles. The van der Waals surface area contributed by atoms with E-state index in [2.05, 4.69) is 0 Å². The number of phenolic OH excluding ortho intramolecular Hbond substituents is 1. The zero-order valence-electron chi connectivity index (χ0n) is 6.92. The molecule has 0 bridgehead atoms. The van der Waals surface area contributed by atoms with Crippen LogP contribution in [0.5, 0.6) is 5.75 Å². The van der Waals surface area contributed by atoms with Crippen LogP contribution in [0, 0.1) is 0 Å². The lowest BCUT2D eigenvalue weighted by molar-refractivity contribution is -0.178. The van der Waals surface area contributed by atoms with Crippen LogP contribution in [0.25, 0.3) is 0 Å². The molecule has 1 aromatic rings. The molecule has 0 fully saturated rings. The van der Waals surface area contributed by atoms with Gasteiger partial charge in [-0.05, 0) is 6.07 Å². The van der Waals surface area contributed by atoms with Gasteiger partial charge in [0.15, 0.2) is 6.04 Å². The quantitative estimate of drug-likeness (QED) is 0.650. The Balaban J connectivity index is 3.08. The summed E-state index contributed by atoms with van der Waals surface area (Å²) in [5, 5.41) is 17.5. The van der Waals surface area contributed by atoms with Crippen LogP contribution in [0.2, 0.25) is 0 Å². The van der Waals surface area contributed by atoms with E-state index in [1.807, 2.05) is 0 Å². The van der Waals surface area contributed by atoms with Gasteiger partial charge in [0.05, 0.1) is 0 Å². The van der Waals surface area contributed by atoms with Crippen molar-refractivity contribution in [2.75, 3.05) is 0 Å². The molecule has 0 aliphatic rings. The molecule has 0 saturated heterocycles. The molecule has 0 radical (unpaired) electrons. The van der Waals surface area contributed by atoms with Crippen molar-refractivity contribution < 1.29 is 23.5 Å². The van der Waals surface area contributed by atoms with E-state index >= 15 is 0 Å². The fourth-order valence-corrected chi connectivity index (χ4v) is 1.05. The summed E-state index contributed by atoms with van der Waals surface area (Å²) in [5.41, 5.74) is 0.700. The van der Waals surface area contributed by atoms with E-state index in [0.717, 1.165) is 17.6 Å². The summed E-state index contributed by atoms with van der Waals surface area (Å²) in [4.78, 5) is 0. The van der Waals surface area contributed by atoms with Crippen molar-refractivity contribution in [2.24, 2.45) is 0 Å². The first kappa shape index (κ1) is 10.8. The van der Waals surface area contributed by atoms with Crippen LogP contribution in [-0.4, -0.2) is 16.5 Å². The molecule has 0 unspecified atom stereocenters. The molecule has 6 heteroatoms. The Morgan fingerprint density at radius 1 is 1.21 bits per heavy atom. The van der Waals surface area contributed by atoms with Crippen LogP contribution in [0.3, 0.4) is 0 Å². The molecule has 0 saturated carbocycles. The number of rotatable bonds is 2. The predicted molar refractivity (Wildman–Crippen MR) is 41.8 cm³/mol. The van der Waals surface area contributed by atoms with Gasteiger partial charge in [0.25, 0.3) is 0 Å². The molecule has 3 N–H and O–H groups in total. The standard InChI is InChI=1S/C8H8F3NO2/c9-8(10,11)7(12-14)5-3-1-2-4-6(5)13/h1-4,7,12-14H/t7-/m0/s1. The van der Waals surface area contributed by atoms with Crippen LogP contribution in [0.4, 0.5) is 13.2 Å². The molecule has 1 aromatic carbocycles. The smallest absolute Gasteiger partial charge is 0.410 e. The van der Waals surface area contributed by atoms with E-state index in [-0.39, 0.29) is 0 Å². The lowest BCUT2D eigenvalue weighted by atomic mass is 10.1. The third-order valence-electron chi connectivity index (χ3n) is 1.70. The van der Waals surface area contributed by atoms with E-state index in [4.69, 9.17) is 10.3 Å². The summed E-state index contributed by atoms with van der Waals surface area (Å²) in [6.07, 6.45) is -4.66. The van der Waals surface area contributed by atoms with Gasteiger partial charge in [-0.15, -0.1) is 0 Å².